The molecule has 7 heteroatoms. The first kappa shape index (κ1) is 15.5. The standard InChI is InChI=1S/C14H22N6S/c1-4-15-14(16-8-12-7-6-11(3)21-12)17-9-13-19-18-10-20(13)5-2/h6-7,10H,4-5,8-9H2,1-3H3,(H2,15,16,17). The van der Waals surface area contributed by atoms with Gasteiger partial charge in [0.2, 0.25) is 0 Å². The Labute approximate surface area is 129 Å². The summed E-state index contributed by atoms with van der Waals surface area (Å²) in [5.74, 6) is 1.68. The Morgan fingerprint density at radius 2 is 2.19 bits per heavy atom. The third kappa shape index (κ3) is 4.56. The summed E-state index contributed by atoms with van der Waals surface area (Å²) >= 11 is 1.80. The quantitative estimate of drug-likeness (QED) is 0.632. The van der Waals surface area contributed by atoms with E-state index >= 15 is 0 Å². The minimum Gasteiger partial charge on any atom is -0.357 e. The fourth-order valence-corrected chi connectivity index (χ4v) is 2.74. The maximum absolute atomic E-state index is 4.56. The second kappa shape index (κ2) is 7.78. The average Bonchev–Trinajstić information content (AvgIpc) is 3.10. The van der Waals surface area contributed by atoms with Crippen molar-refractivity contribution in [1.29, 1.82) is 0 Å². The summed E-state index contributed by atoms with van der Waals surface area (Å²) < 4.78 is 2.00. The van der Waals surface area contributed by atoms with Crippen LogP contribution in [-0.4, -0.2) is 27.3 Å². The molecule has 0 aromatic carbocycles. The van der Waals surface area contributed by atoms with Crippen LogP contribution in [0.3, 0.4) is 0 Å². The molecule has 2 N–H and O–H groups in total. The number of nitrogens with zero attached hydrogens (tertiary/aromatic N) is 4. The molecule has 0 radical (unpaired) electrons. The van der Waals surface area contributed by atoms with Gasteiger partial charge in [-0.05, 0) is 32.9 Å². The van der Waals surface area contributed by atoms with Crippen molar-refractivity contribution in [3.8, 4) is 0 Å². The largest absolute Gasteiger partial charge is 0.357 e. The molecule has 0 aliphatic heterocycles. The van der Waals surface area contributed by atoms with E-state index in [0.29, 0.717) is 6.54 Å². The Kier molecular flexibility index (Phi) is 5.74. The first-order valence-corrected chi connectivity index (χ1v) is 7.98. The van der Waals surface area contributed by atoms with Gasteiger partial charge in [-0.25, -0.2) is 4.99 Å². The number of aromatic nitrogens is 3. The summed E-state index contributed by atoms with van der Waals surface area (Å²) in [7, 11) is 0. The van der Waals surface area contributed by atoms with Crippen LogP contribution in [0.15, 0.2) is 23.5 Å². The van der Waals surface area contributed by atoms with Crippen molar-refractivity contribution < 1.29 is 0 Å². The van der Waals surface area contributed by atoms with E-state index in [1.165, 1.54) is 9.75 Å². The van der Waals surface area contributed by atoms with Crippen LogP contribution in [0.25, 0.3) is 0 Å². The van der Waals surface area contributed by atoms with Crippen molar-refractivity contribution in [2.75, 3.05) is 6.54 Å². The van der Waals surface area contributed by atoms with Gasteiger partial charge < -0.3 is 15.2 Å². The molecule has 0 atom stereocenters. The highest BCUT2D eigenvalue weighted by atomic mass is 32.1. The zero-order valence-electron chi connectivity index (χ0n) is 12.8. The molecule has 0 unspecified atom stereocenters. The minimum atomic E-state index is 0.520. The lowest BCUT2D eigenvalue weighted by molar-refractivity contribution is 0.694. The van der Waals surface area contributed by atoms with Gasteiger partial charge in [0.15, 0.2) is 11.8 Å². The van der Waals surface area contributed by atoms with Gasteiger partial charge in [0.05, 0.1) is 6.54 Å². The zero-order chi connectivity index (χ0) is 15.1. The van der Waals surface area contributed by atoms with Crippen LogP contribution >= 0.6 is 11.3 Å². The average molecular weight is 306 g/mol. The van der Waals surface area contributed by atoms with E-state index < -0.39 is 0 Å². The second-order valence-electron chi connectivity index (χ2n) is 4.59. The molecule has 6 nitrogen and oxygen atoms in total. The Morgan fingerprint density at radius 1 is 1.33 bits per heavy atom. The van der Waals surface area contributed by atoms with Gasteiger partial charge in [-0.15, -0.1) is 21.5 Å². The zero-order valence-corrected chi connectivity index (χ0v) is 13.6. The van der Waals surface area contributed by atoms with Crippen LogP contribution in [0.5, 0.6) is 0 Å². The van der Waals surface area contributed by atoms with Crippen LogP contribution in [0.4, 0.5) is 0 Å². The number of nitrogens with one attached hydrogen (secondary N) is 2. The van der Waals surface area contributed by atoms with E-state index in [4.69, 9.17) is 0 Å². The van der Waals surface area contributed by atoms with Crippen molar-refractivity contribution in [3.63, 3.8) is 0 Å². The van der Waals surface area contributed by atoms with Gasteiger partial charge in [0.1, 0.15) is 12.9 Å². The molecule has 0 aliphatic carbocycles. The van der Waals surface area contributed by atoms with Crippen molar-refractivity contribution >= 4 is 17.3 Å². The predicted molar refractivity (Wildman–Crippen MR) is 86.4 cm³/mol. The van der Waals surface area contributed by atoms with E-state index in [9.17, 15) is 0 Å². The molecule has 0 spiro atoms. The number of aliphatic imine (C=N–C) groups is 1. The number of aryl methyl sites for hydroxylation is 2. The molecule has 2 aromatic heterocycles. The van der Waals surface area contributed by atoms with Gasteiger partial charge >= 0.3 is 0 Å². The SMILES string of the molecule is CCNC(=NCc1nncn1CC)NCc1ccc(C)s1. The highest BCUT2D eigenvalue weighted by Gasteiger charge is 2.04. The number of rotatable bonds is 6. The van der Waals surface area contributed by atoms with E-state index in [0.717, 1.165) is 31.4 Å². The fraction of sp³-hybridized carbons (Fsp3) is 0.500. The van der Waals surface area contributed by atoms with E-state index in [1.54, 1.807) is 17.7 Å². The molecule has 2 aromatic rings. The maximum Gasteiger partial charge on any atom is 0.191 e. The molecule has 0 saturated heterocycles. The van der Waals surface area contributed by atoms with E-state index in [1.807, 2.05) is 4.57 Å². The lowest BCUT2D eigenvalue weighted by Gasteiger charge is -2.10. The number of hydrogen-bond donors (Lipinski definition) is 2. The minimum absolute atomic E-state index is 0.520. The van der Waals surface area contributed by atoms with Crippen LogP contribution < -0.4 is 10.6 Å². The molecule has 2 heterocycles. The van der Waals surface area contributed by atoms with Crippen molar-refractivity contribution in [3.05, 3.63) is 34.0 Å². The van der Waals surface area contributed by atoms with Crippen LogP contribution in [0, 0.1) is 6.92 Å². The van der Waals surface area contributed by atoms with Gasteiger partial charge in [0.25, 0.3) is 0 Å². The van der Waals surface area contributed by atoms with Crippen molar-refractivity contribution in [2.45, 2.75) is 40.4 Å². The van der Waals surface area contributed by atoms with Gasteiger partial charge in [-0.3, -0.25) is 0 Å². The van der Waals surface area contributed by atoms with E-state index in [2.05, 4.69) is 58.7 Å². The number of thiophene rings is 1. The molecule has 0 bridgehead atoms. The van der Waals surface area contributed by atoms with Gasteiger partial charge in [-0.1, -0.05) is 0 Å². The lowest BCUT2D eigenvalue weighted by atomic mass is 10.4. The lowest BCUT2D eigenvalue weighted by Crippen LogP contribution is -2.36. The number of hydrogen-bond acceptors (Lipinski definition) is 4. The summed E-state index contributed by atoms with van der Waals surface area (Å²) in [5.41, 5.74) is 0. The summed E-state index contributed by atoms with van der Waals surface area (Å²) in [6.45, 7) is 9.23. The maximum atomic E-state index is 4.56. The Balaban J connectivity index is 1.95. The molecule has 0 saturated carbocycles. The molecule has 0 amide bonds. The first-order valence-electron chi connectivity index (χ1n) is 7.17. The smallest absolute Gasteiger partial charge is 0.191 e. The third-order valence-corrected chi connectivity index (χ3v) is 3.99. The van der Waals surface area contributed by atoms with Crippen molar-refractivity contribution in [1.82, 2.24) is 25.4 Å². The second-order valence-corrected chi connectivity index (χ2v) is 5.97. The third-order valence-electron chi connectivity index (χ3n) is 2.99. The van der Waals surface area contributed by atoms with Crippen LogP contribution in [-0.2, 0) is 19.6 Å². The number of guanidine groups is 1. The van der Waals surface area contributed by atoms with E-state index in [-0.39, 0.29) is 0 Å². The highest BCUT2D eigenvalue weighted by molar-refractivity contribution is 7.11. The Hall–Kier alpha value is -1.89. The van der Waals surface area contributed by atoms with Crippen LogP contribution in [0.1, 0.15) is 29.4 Å². The molecule has 114 valence electrons. The summed E-state index contributed by atoms with van der Waals surface area (Å²) in [5, 5.41) is 14.6. The van der Waals surface area contributed by atoms with Crippen molar-refractivity contribution in [2.24, 2.45) is 4.99 Å². The first-order chi connectivity index (χ1) is 10.2. The summed E-state index contributed by atoms with van der Waals surface area (Å²) in [6, 6.07) is 4.28. The summed E-state index contributed by atoms with van der Waals surface area (Å²) in [6.07, 6.45) is 1.74. The molecular formula is C14H22N6S. The molecule has 0 aliphatic rings. The predicted octanol–water partition coefficient (Wildman–Crippen LogP) is 1.92. The van der Waals surface area contributed by atoms with Gasteiger partial charge in [-0.2, -0.15) is 0 Å². The molecule has 2 rings (SSSR count). The fourth-order valence-electron chi connectivity index (χ4n) is 1.91. The molecule has 21 heavy (non-hydrogen) atoms. The molecule has 0 fully saturated rings. The highest BCUT2D eigenvalue weighted by Crippen LogP contribution is 2.14. The topological polar surface area (TPSA) is 67.1 Å². The monoisotopic (exact) mass is 306 g/mol. The molecular weight excluding hydrogens is 284 g/mol. The van der Waals surface area contributed by atoms with Gasteiger partial charge in [0, 0.05) is 22.8 Å². The normalized spacial score (nSPS) is 11.7. The summed E-state index contributed by atoms with van der Waals surface area (Å²) in [4.78, 5) is 7.19. The Bertz CT molecular complexity index is 586. The Morgan fingerprint density at radius 3 is 2.86 bits per heavy atom. The van der Waals surface area contributed by atoms with Crippen LogP contribution in [0.2, 0.25) is 0 Å².